The predicted octanol–water partition coefficient (Wildman–Crippen LogP) is 1.43. The van der Waals surface area contributed by atoms with Gasteiger partial charge in [0, 0.05) is 22.6 Å². The highest BCUT2D eigenvalue weighted by Gasteiger charge is 2.10. The summed E-state index contributed by atoms with van der Waals surface area (Å²) < 4.78 is 7.51. The molecule has 24 heavy (non-hydrogen) atoms. The average molecular weight is 328 g/mol. The minimum atomic E-state index is -1.08. The maximum absolute atomic E-state index is 11.1. The van der Waals surface area contributed by atoms with Crippen LogP contribution in [0.15, 0.2) is 35.4 Å². The summed E-state index contributed by atoms with van der Waals surface area (Å²) in [6, 6.07) is 9.71. The van der Waals surface area contributed by atoms with Crippen LogP contribution in [0.3, 0.4) is 0 Å². The highest BCUT2D eigenvalue weighted by Crippen LogP contribution is 2.22. The van der Waals surface area contributed by atoms with Gasteiger partial charge in [0.1, 0.15) is 5.75 Å². The number of nitrogens with zero attached hydrogens (tertiary/aromatic N) is 2. The number of carbonyl (C=O) groups excluding carboxylic acids is 2. The summed E-state index contributed by atoms with van der Waals surface area (Å²) in [7, 11) is 0. The molecule has 0 bridgehead atoms. The van der Waals surface area contributed by atoms with Crippen molar-refractivity contribution in [1.29, 1.82) is 0 Å². The molecule has 0 aliphatic rings. The van der Waals surface area contributed by atoms with Gasteiger partial charge in [-0.15, -0.1) is 0 Å². The largest absolute Gasteiger partial charge is 0.494 e. The number of aryl methyl sites for hydroxylation is 1. The number of aromatic nitrogens is 1. The van der Waals surface area contributed by atoms with Crippen LogP contribution in [-0.2, 0) is 9.59 Å². The smallest absolute Gasteiger partial charge is 0.329 e. The Kier molecular flexibility index (Phi) is 5.36. The standard InChI is InChI=1S/C17H20N4O3/c1-4-24-15-7-5-14(6-8-15)21-11(2)9-13(12(21)3)10-19-20-17(23)16(18)22/h5-10H,4H2,1-3H3,(H2,18,22)(H,20,23)/b19-10-. The van der Waals surface area contributed by atoms with Gasteiger partial charge in [-0.1, -0.05) is 0 Å². The predicted molar refractivity (Wildman–Crippen MR) is 91.3 cm³/mol. The van der Waals surface area contributed by atoms with E-state index in [-0.39, 0.29) is 0 Å². The van der Waals surface area contributed by atoms with Gasteiger partial charge in [-0.3, -0.25) is 9.59 Å². The summed E-state index contributed by atoms with van der Waals surface area (Å²) in [6.45, 7) is 6.48. The van der Waals surface area contributed by atoms with E-state index >= 15 is 0 Å². The molecule has 7 heteroatoms. The highest BCUT2D eigenvalue weighted by molar-refractivity contribution is 6.34. The van der Waals surface area contributed by atoms with Crippen LogP contribution in [0.2, 0.25) is 0 Å². The van der Waals surface area contributed by atoms with E-state index in [1.807, 2.05) is 51.1 Å². The first-order valence-electron chi connectivity index (χ1n) is 7.49. The van der Waals surface area contributed by atoms with Crippen molar-refractivity contribution >= 4 is 18.0 Å². The monoisotopic (exact) mass is 328 g/mol. The normalized spacial score (nSPS) is 10.8. The fraction of sp³-hybridized carbons (Fsp3) is 0.235. The van der Waals surface area contributed by atoms with Crippen molar-refractivity contribution in [2.45, 2.75) is 20.8 Å². The van der Waals surface area contributed by atoms with Gasteiger partial charge in [0.2, 0.25) is 0 Å². The first-order valence-corrected chi connectivity index (χ1v) is 7.49. The first kappa shape index (κ1) is 17.3. The Morgan fingerprint density at radius 1 is 1.29 bits per heavy atom. The number of primary amides is 1. The molecule has 0 aliphatic carbocycles. The van der Waals surface area contributed by atoms with E-state index in [0.717, 1.165) is 28.4 Å². The number of nitrogens with one attached hydrogen (secondary N) is 1. The maximum Gasteiger partial charge on any atom is 0.329 e. The second-order valence-electron chi connectivity index (χ2n) is 5.15. The third-order valence-electron chi connectivity index (χ3n) is 3.47. The van der Waals surface area contributed by atoms with Crippen LogP contribution >= 0.6 is 0 Å². The summed E-state index contributed by atoms with van der Waals surface area (Å²) in [5.41, 5.74) is 10.7. The molecule has 0 unspecified atom stereocenters. The molecule has 0 saturated heterocycles. The van der Waals surface area contributed by atoms with Gasteiger partial charge in [-0.2, -0.15) is 5.10 Å². The van der Waals surface area contributed by atoms with Crippen LogP contribution < -0.4 is 15.9 Å². The van der Waals surface area contributed by atoms with Gasteiger partial charge < -0.3 is 15.0 Å². The van der Waals surface area contributed by atoms with Gasteiger partial charge in [-0.05, 0) is 51.1 Å². The second kappa shape index (κ2) is 7.45. The summed E-state index contributed by atoms with van der Waals surface area (Å²) in [5.74, 6) is -1.21. The Morgan fingerprint density at radius 3 is 2.54 bits per heavy atom. The van der Waals surface area contributed by atoms with E-state index in [9.17, 15) is 9.59 Å². The fourth-order valence-electron chi connectivity index (χ4n) is 2.39. The van der Waals surface area contributed by atoms with Crippen LogP contribution in [0.1, 0.15) is 23.9 Å². The summed E-state index contributed by atoms with van der Waals surface area (Å²) in [5, 5.41) is 3.75. The SMILES string of the molecule is CCOc1ccc(-n2c(C)cc(/C=N\NC(=O)C(N)=O)c2C)cc1. The Labute approximate surface area is 140 Å². The summed E-state index contributed by atoms with van der Waals surface area (Å²) >= 11 is 0. The Balaban J connectivity index is 2.24. The van der Waals surface area contributed by atoms with Gasteiger partial charge >= 0.3 is 11.8 Å². The second-order valence-corrected chi connectivity index (χ2v) is 5.15. The molecule has 2 rings (SSSR count). The van der Waals surface area contributed by atoms with Crippen molar-refractivity contribution in [3.63, 3.8) is 0 Å². The zero-order valence-electron chi connectivity index (χ0n) is 13.9. The lowest BCUT2D eigenvalue weighted by Crippen LogP contribution is -2.32. The number of hydrogen-bond donors (Lipinski definition) is 2. The van der Waals surface area contributed by atoms with Gasteiger partial charge in [0.05, 0.1) is 12.8 Å². The summed E-state index contributed by atoms with van der Waals surface area (Å²) in [6.07, 6.45) is 1.48. The van der Waals surface area contributed by atoms with Crippen molar-refractivity contribution in [2.24, 2.45) is 10.8 Å². The van der Waals surface area contributed by atoms with Crippen molar-refractivity contribution in [1.82, 2.24) is 9.99 Å². The number of nitrogens with two attached hydrogens (primary N) is 1. The van der Waals surface area contributed by atoms with Gasteiger partial charge in [0.15, 0.2) is 0 Å². The lowest BCUT2D eigenvalue weighted by molar-refractivity contribution is -0.137. The van der Waals surface area contributed by atoms with E-state index in [1.165, 1.54) is 6.21 Å². The topological polar surface area (TPSA) is 98.7 Å². The Morgan fingerprint density at radius 2 is 1.96 bits per heavy atom. The van der Waals surface area contributed by atoms with Crippen LogP contribution in [0.25, 0.3) is 5.69 Å². The van der Waals surface area contributed by atoms with E-state index < -0.39 is 11.8 Å². The van der Waals surface area contributed by atoms with Gasteiger partial charge in [0.25, 0.3) is 0 Å². The number of ether oxygens (including phenoxy) is 1. The molecule has 3 N–H and O–H groups in total. The van der Waals surface area contributed by atoms with Crippen LogP contribution in [0, 0.1) is 13.8 Å². The fourth-order valence-corrected chi connectivity index (χ4v) is 2.39. The van der Waals surface area contributed by atoms with E-state index in [4.69, 9.17) is 10.5 Å². The number of rotatable bonds is 5. The first-order chi connectivity index (χ1) is 11.4. The number of carbonyl (C=O) groups is 2. The molecular formula is C17H20N4O3. The quantitative estimate of drug-likeness (QED) is 0.493. The molecule has 0 aliphatic heterocycles. The lowest BCUT2D eigenvalue weighted by atomic mass is 10.2. The molecular weight excluding hydrogens is 308 g/mol. The van der Waals surface area contributed by atoms with Crippen molar-refractivity contribution < 1.29 is 14.3 Å². The van der Waals surface area contributed by atoms with Crippen molar-refractivity contribution in [2.75, 3.05) is 6.61 Å². The minimum Gasteiger partial charge on any atom is -0.494 e. The lowest BCUT2D eigenvalue weighted by Gasteiger charge is -2.10. The minimum absolute atomic E-state index is 0.624. The molecule has 0 atom stereocenters. The maximum atomic E-state index is 11.1. The van der Waals surface area contributed by atoms with E-state index in [2.05, 4.69) is 15.1 Å². The highest BCUT2D eigenvalue weighted by atomic mass is 16.5. The third-order valence-corrected chi connectivity index (χ3v) is 3.47. The third kappa shape index (κ3) is 3.81. The molecule has 2 aromatic rings. The van der Waals surface area contributed by atoms with Crippen LogP contribution in [0.4, 0.5) is 0 Å². The van der Waals surface area contributed by atoms with E-state index in [0.29, 0.717) is 6.61 Å². The number of hydrazone groups is 1. The van der Waals surface area contributed by atoms with Gasteiger partial charge in [-0.25, -0.2) is 5.43 Å². The molecule has 0 fully saturated rings. The van der Waals surface area contributed by atoms with Crippen molar-refractivity contribution in [3.8, 4) is 11.4 Å². The molecule has 1 aromatic carbocycles. The zero-order valence-corrected chi connectivity index (χ0v) is 13.9. The molecule has 0 spiro atoms. The molecule has 1 aromatic heterocycles. The summed E-state index contributed by atoms with van der Waals surface area (Å²) in [4.78, 5) is 21.7. The molecule has 2 amide bonds. The zero-order chi connectivity index (χ0) is 17.7. The van der Waals surface area contributed by atoms with Crippen LogP contribution in [0.5, 0.6) is 5.75 Å². The Bertz CT molecular complexity index is 776. The number of hydrogen-bond acceptors (Lipinski definition) is 4. The van der Waals surface area contributed by atoms with Crippen molar-refractivity contribution in [3.05, 3.63) is 47.3 Å². The Hall–Kier alpha value is -3.09. The average Bonchev–Trinajstić information content (AvgIpc) is 2.82. The molecule has 126 valence electrons. The number of amides is 2. The van der Waals surface area contributed by atoms with E-state index in [1.54, 1.807) is 0 Å². The molecule has 1 heterocycles. The van der Waals surface area contributed by atoms with Crippen LogP contribution in [-0.4, -0.2) is 29.2 Å². The number of benzene rings is 1. The molecule has 0 radical (unpaired) electrons. The molecule has 0 saturated carbocycles. The molecule has 7 nitrogen and oxygen atoms in total.